The molecule has 1 heterocycles. The van der Waals surface area contributed by atoms with E-state index in [9.17, 15) is 18.0 Å². The first kappa shape index (κ1) is 14.4. The van der Waals surface area contributed by atoms with Gasteiger partial charge in [0.05, 0.1) is 28.8 Å². The largest absolute Gasteiger partial charge is 0.457 e. The van der Waals surface area contributed by atoms with E-state index in [0.29, 0.717) is 0 Å². The fourth-order valence-electron chi connectivity index (χ4n) is 1.50. The highest BCUT2D eigenvalue weighted by atomic mass is 79.9. The van der Waals surface area contributed by atoms with E-state index in [-0.39, 0.29) is 21.6 Å². The molecule has 4 nitrogen and oxygen atoms in total. The lowest BCUT2D eigenvalue weighted by molar-refractivity contribution is -0.137. The molecule has 0 saturated heterocycles. The number of anilines is 2. The third kappa shape index (κ3) is 2.96. The van der Waals surface area contributed by atoms with E-state index in [0.717, 1.165) is 18.2 Å². The van der Waals surface area contributed by atoms with E-state index < -0.39 is 17.6 Å². The third-order valence-corrected chi connectivity index (χ3v) is 3.10. The quantitative estimate of drug-likeness (QED) is 0.809. The zero-order valence-corrected chi connectivity index (χ0v) is 11.4. The number of furan rings is 1. The Balaban J connectivity index is 2.23. The maximum absolute atomic E-state index is 12.5. The second-order valence-electron chi connectivity index (χ2n) is 3.86. The number of alkyl halides is 3. The molecule has 0 aliphatic heterocycles. The molecule has 0 atom stereocenters. The number of hydrogen-bond acceptors (Lipinski definition) is 3. The van der Waals surface area contributed by atoms with E-state index in [1.807, 2.05) is 0 Å². The summed E-state index contributed by atoms with van der Waals surface area (Å²) < 4.78 is 42.5. The standard InChI is InChI=1S/C12H8BrF3N2O2/c13-10-7(3-4-20-10)11(19)18-9-2-1-6(5-8(9)17)12(14,15)16/h1-5H,17H2,(H,18,19). The van der Waals surface area contributed by atoms with Crippen molar-refractivity contribution < 1.29 is 22.4 Å². The molecule has 0 radical (unpaired) electrons. The minimum atomic E-state index is -4.48. The van der Waals surface area contributed by atoms with Gasteiger partial charge in [-0.25, -0.2) is 0 Å². The molecule has 0 aliphatic rings. The van der Waals surface area contributed by atoms with Crippen LogP contribution in [0.5, 0.6) is 0 Å². The van der Waals surface area contributed by atoms with Crippen LogP contribution in [0.2, 0.25) is 0 Å². The predicted molar refractivity (Wildman–Crippen MR) is 70.2 cm³/mol. The third-order valence-electron chi connectivity index (χ3n) is 2.49. The van der Waals surface area contributed by atoms with Gasteiger partial charge in [0.15, 0.2) is 4.67 Å². The van der Waals surface area contributed by atoms with Crippen LogP contribution in [0.25, 0.3) is 0 Å². The zero-order valence-electron chi connectivity index (χ0n) is 9.79. The summed E-state index contributed by atoms with van der Waals surface area (Å²) in [4.78, 5) is 11.9. The second-order valence-corrected chi connectivity index (χ2v) is 4.58. The lowest BCUT2D eigenvalue weighted by atomic mass is 10.1. The Labute approximate surface area is 119 Å². The summed E-state index contributed by atoms with van der Waals surface area (Å²) in [5.74, 6) is -0.544. The van der Waals surface area contributed by atoms with Gasteiger partial charge in [0.1, 0.15) is 0 Å². The molecule has 1 amide bonds. The van der Waals surface area contributed by atoms with Crippen LogP contribution in [0, 0.1) is 0 Å². The Morgan fingerprint density at radius 3 is 2.50 bits per heavy atom. The molecule has 3 N–H and O–H groups in total. The molecule has 8 heteroatoms. The second kappa shape index (κ2) is 5.20. The molecule has 0 saturated carbocycles. The first-order valence-electron chi connectivity index (χ1n) is 5.30. The Morgan fingerprint density at radius 2 is 2.00 bits per heavy atom. The molecule has 0 unspecified atom stereocenters. The van der Waals surface area contributed by atoms with Crippen LogP contribution >= 0.6 is 15.9 Å². The van der Waals surface area contributed by atoms with Gasteiger partial charge >= 0.3 is 6.18 Å². The van der Waals surface area contributed by atoms with Crippen molar-refractivity contribution in [3.05, 3.63) is 46.3 Å². The zero-order chi connectivity index (χ0) is 14.9. The summed E-state index contributed by atoms with van der Waals surface area (Å²) in [6.45, 7) is 0. The van der Waals surface area contributed by atoms with Gasteiger partial charge in [-0.15, -0.1) is 0 Å². The number of nitrogens with two attached hydrogens (primary N) is 1. The summed E-state index contributed by atoms with van der Waals surface area (Å²) in [7, 11) is 0. The molecule has 2 aromatic rings. The van der Waals surface area contributed by atoms with E-state index in [2.05, 4.69) is 21.2 Å². The molecule has 0 spiro atoms. The number of halogens is 4. The molecular formula is C12H8BrF3N2O2. The van der Waals surface area contributed by atoms with E-state index in [4.69, 9.17) is 10.2 Å². The Bertz CT molecular complexity index is 652. The summed E-state index contributed by atoms with van der Waals surface area (Å²) in [6, 6.07) is 4.13. The van der Waals surface area contributed by atoms with E-state index >= 15 is 0 Å². The monoisotopic (exact) mass is 348 g/mol. The van der Waals surface area contributed by atoms with Crippen LogP contribution < -0.4 is 11.1 Å². The molecule has 0 fully saturated rings. The molecule has 2 rings (SSSR count). The normalized spacial score (nSPS) is 11.4. The van der Waals surface area contributed by atoms with Crippen molar-refractivity contribution in [2.45, 2.75) is 6.18 Å². The van der Waals surface area contributed by atoms with Crippen LogP contribution in [-0.2, 0) is 6.18 Å². The molecule has 106 valence electrons. The first-order chi connectivity index (χ1) is 9.29. The molecule has 0 aliphatic carbocycles. The van der Waals surface area contributed by atoms with Crippen LogP contribution in [0.15, 0.2) is 39.6 Å². The number of nitrogens with one attached hydrogen (secondary N) is 1. The molecule has 0 bridgehead atoms. The van der Waals surface area contributed by atoms with E-state index in [1.54, 1.807) is 0 Å². The van der Waals surface area contributed by atoms with Gasteiger partial charge in [0, 0.05) is 0 Å². The van der Waals surface area contributed by atoms with Crippen LogP contribution in [0.3, 0.4) is 0 Å². The number of nitrogen functional groups attached to an aromatic ring is 1. The lowest BCUT2D eigenvalue weighted by Gasteiger charge is -2.11. The Hall–Kier alpha value is -1.96. The van der Waals surface area contributed by atoms with Crippen molar-refractivity contribution in [2.24, 2.45) is 0 Å². The van der Waals surface area contributed by atoms with Crippen molar-refractivity contribution in [2.75, 3.05) is 11.1 Å². The van der Waals surface area contributed by atoms with Gasteiger partial charge in [-0.05, 0) is 40.2 Å². The number of rotatable bonds is 2. The fourth-order valence-corrected chi connectivity index (χ4v) is 1.92. The average Bonchev–Trinajstić information content (AvgIpc) is 2.76. The number of hydrogen-bond donors (Lipinski definition) is 2. The number of carbonyl (C=O) groups excluding carboxylic acids is 1. The lowest BCUT2D eigenvalue weighted by Crippen LogP contribution is -2.14. The van der Waals surface area contributed by atoms with Crippen LogP contribution in [0.1, 0.15) is 15.9 Å². The Morgan fingerprint density at radius 1 is 1.30 bits per heavy atom. The average molecular weight is 349 g/mol. The number of benzene rings is 1. The maximum Gasteiger partial charge on any atom is 0.416 e. The van der Waals surface area contributed by atoms with E-state index in [1.165, 1.54) is 12.3 Å². The highest BCUT2D eigenvalue weighted by Gasteiger charge is 2.30. The van der Waals surface area contributed by atoms with Gasteiger partial charge in [-0.3, -0.25) is 4.79 Å². The topological polar surface area (TPSA) is 68.3 Å². The summed E-state index contributed by atoms with van der Waals surface area (Å²) in [5, 5.41) is 2.41. The van der Waals surface area contributed by atoms with Gasteiger partial charge < -0.3 is 15.5 Å². The molecular weight excluding hydrogens is 341 g/mol. The highest BCUT2D eigenvalue weighted by Crippen LogP contribution is 2.33. The minimum absolute atomic E-state index is 0.0936. The van der Waals surface area contributed by atoms with Crippen molar-refractivity contribution in [1.29, 1.82) is 0 Å². The van der Waals surface area contributed by atoms with Gasteiger partial charge in [-0.2, -0.15) is 13.2 Å². The Kier molecular flexibility index (Phi) is 3.76. The molecule has 1 aromatic heterocycles. The maximum atomic E-state index is 12.5. The first-order valence-corrected chi connectivity index (χ1v) is 6.09. The van der Waals surface area contributed by atoms with Crippen molar-refractivity contribution >= 4 is 33.2 Å². The smallest absolute Gasteiger partial charge is 0.416 e. The van der Waals surface area contributed by atoms with Gasteiger partial charge in [0.25, 0.3) is 5.91 Å². The predicted octanol–water partition coefficient (Wildman–Crippen LogP) is 3.90. The van der Waals surface area contributed by atoms with Crippen molar-refractivity contribution in [1.82, 2.24) is 0 Å². The highest BCUT2D eigenvalue weighted by molar-refractivity contribution is 9.10. The molecule has 1 aromatic carbocycles. The SMILES string of the molecule is Nc1cc(C(F)(F)F)ccc1NC(=O)c1ccoc1Br. The van der Waals surface area contributed by atoms with Crippen LogP contribution in [0.4, 0.5) is 24.5 Å². The van der Waals surface area contributed by atoms with Gasteiger partial charge in [-0.1, -0.05) is 0 Å². The molecule has 20 heavy (non-hydrogen) atoms. The van der Waals surface area contributed by atoms with Crippen LogP contribution in [-0.4, -0.2) is 5.91 Å². The summed E-state index contributed by atoms with van der Waals surface area (Å²) in [6.07, 6.45) is -3.18. The van der Waals surface area contributed by atoms with Crippen molar-refractivity contribution in [3.63, 3.8) is 0 Å². The van der Waals surface area contributed by atoms with Gasteiger partial charge in [0.2, 0.25) is 0 Å². The minimum Gasteiger partial charge on any atom is -0.457 e. The number of carbonyl (C=O) groups is 1. The number of amides is 1. The fraction of sp³-hybridized carbons (Fsp3) is 0.0833. The summed E-state index contributed by atoms with van der Waals surface area (Å²) in [5.41, 5.74) is 4.76. The summed E-state index contributed by atoms with van der Waals surface area (Å²) >= 11 is 3.03. The van der Waals surface area contributed by atoms with Crippen molar-refractivity contribution in [3.8, 4) is 0 Å².